The van der Waals surface area contributed by atoms with Crippen LogP contribution in [0.25, 0.3) is 5.57 Å². The number of carbonyl (C=O) groups excluding carboxylic acids is 1. The van der Waals surface area contributed by atoms with Crippen molar-refractivity contribution in [3.63, 3.8) is 0 Å². The van der Waals surface area contributed by atoms with E-state index in [1.165, 1.54) is 0 Å². The highest BCUT2D eigenvalue weighted by Crippen LogP contribution is 2.43. The van der Waals surface area contributed by atoms with E-state index in [-0.39, 0.29) is 17.7 Å². The molecular weight excluding hydrogens is 370 g/mol. The van der Waals surface area contributed by atoms with Crippen molar-refractivity contribution in [1.82, 2.24) is 4.90 Å². The fourth-order valence-corrected chi connectivity index (χ4v) is 3.74. The average molecular weight is 390 g/mol. The van der Waals surface area contributed by atoms with E-state index in [4.69, 9.17) is 11.6 Å². The SMILES string of the molecule is Cc1ccc([C@@H]2C(c3ccccc3)=C(O)C(=O)N2Cc2ccc(Cl)cc2)cc1. The Hall–Kier alpha value is -3.04. The monoisotopic (exact) mass is 389 g/mol. The van der Waals surface area contributed by atoms with Crippen LogP contribution in [0.4, 0.5) is 0 Å². The summed E-state index contributed by atoms with van der Waals surface area (Å²) in [6.45, 7) is 2.41. The fraction of sp³-hybridized carbons (Fsp3) is 0.125. The molecule has 3 nitrogen and oxygen atoms in total. The first-order chi connectivity index (χ1) is 13.5. The number of halogens is 1. The molecule has 28 heavy (non-hydrogen) atoms. The van der Waals surface area contributed by atoms with Gasteiger partial charge in [-0.3, -0.25) is 4.79 Å². The van der Waals surface area contributed by atoms with E-state index >= 15 is 0 Å². The molecule has 3 aromatic carbocycles. The Bertz CT molecular complexity index is 1020. The van der Waals surface area contributed by atoms with Gasteiger partial charge in [-0.05, 0) is 35.7 Å². The lowest BCUT2D eigenvalue weighted by Crippen LogP contribution is -2.29. The summed E-state index contributed by atoms with van der Waals surface area (Å²) in [6, 6.07) is 24.7. The second kappa shape index (κ2) is 7.53. The van der Waals surface area contributed by atoms with Crippen LogP contribution in [-0.4, -0.2) is 15.9 Å². The molecule has 0 bridgehead atoms. The molecule has 1 aliphatic heterocycles. The first-order valence-electron chi connectivity index (χ1n) is 9.15. The van der Waals surface area contributed by atoms with Crippen molar-refractivity contribution in [2.24, 2.45) is 0 Å². The summed E-state index contributed by atoms with van der Waals surface area (Å²) < 4.78 is 0. The Morgan fingerprint density at radius 3 is 2.21 bits per heavy atom. The van der Waals surface area contributed by atoms with Gasteiger partial charge in [0.05, 0.1) is 6.04 Å². The van der Waals surface area contributed by atoms with Gasteiger partial charge in [0.15, 0.2) is 5.76 Å². The molecule has 1 N–H and O–H groups in total. The lowest BCUT2D eigenvalue weighted by molar-refractivity contribution is -0.130. The molecular formula is C24H20ClNO2. The number of hydrogen-bond acceptors (Lipinski definition) is 2. The Kier molecular flexibility index (Phi) is 4.93. The van der Waals surface area contributed by atoms with E-state index in [0.717, 1.165) is 22.3 Å². The van der Waals surface area contributed by atoms with Crippen LogP contribution in [-0.2, 0) is 11.3 Å². The standard InChI is InChI=1S/C24H20ClNO2/c1-16-7-11-19(12-8-16)22-21(18-5-3-2-4-6-18)23(27)24(28)26(22)15-17-9-13-20(25)14-10-17/h2-14,22,27H,15H2,1H3/t22-/m1/s1. The number of amides is 1. The van der Waals surface area contributed by atoms with Crippen LogP contribution in [0.5, 0.6) is 0 Å². The van der Waals surface area contributed by atoms with Gasteiger partial charge in [0.2, 0.25) is 0 Å². The third-order valence-corrected chi connectivity index (χ3v) is 5.30. The van der Waals surface area contributed by atoms with Crippen LogP contribution in [0.2, 0.25) is 5.02 Å². The van der Waals surface area contributed by atoms with Gasteiger partial charge in [-0.15, -0.1) is 0 Å². The molecule has 0 aromatic heterocycles. The Labute approximate surface area is 169 Å². The van der Waals surface area contributed by atoms with E-state index < -0.39 is 0 Å². The van der Waals surface area contributed by atoms with E-state index in [1.54, 1.807) is 4.90 Å². The first kappa shape index (κ1) is 18.3. The van der Waals surface area contributed by atoms with Gasteiger partial charge in [-0.25, -0.2) is 0 Å². The lowest BCUT2D eigenvalue weighted by Gasteiger charge is -2.27. The van der Waals surface area contributed by atoms with Crippen molar-refractivity contribution < 1.29 is 9.90 Å². The molecule has 1 amide bonds. The highest BCUT2D eigenvalue weighted by molar-refractivity contribution is 6.30. The van der Waals surface area contributed by atoms with E-state index in [0.29, 0.717) is 17.1 Å². The smallest absolute Gasteiger partial charge is 0.290 e. The van der Waals surface area contributed by atoms with E-state index in [1.807, 2.05) is 85.8 Å². The maximum Gasteiger partial charge on any atom is 0.290 e. The summed E-state index contributed by atoms with van der Waals surface area (Å²) in [4.78, 5) is 14.7. The van der Waals surface area contributed by atoms with Crippen LogP contribution in [0, 0.1) is 6.92 Å². The Balaban J connectivity index is 1.80. The third kappa shape index (κ3) is 3.41. The van der Waals surface area contributed by atoms with Crippen molar-refractivity contribution in [2.75, 3.05) is 0 Å². The highest BCUT2D eigenvalue weighted by Gasteiger charge is 2.40. The van der Waals surface area contributed by atoms with Crippen LogP contribution in [0.3, 0.4) is 0 Å². The normalized spacial score (nSPS) is 16.7. The second-order valence-electron chi connectivity index (χ2n) is 7.00. The number of nitrogens with zero attached hydrogens (tertiary/aromatic N) is 1. The van der Waals surface area contributed by atoms with Gasteiger partial charge in [-0.1, -0.05) is 83.9 Å². The first-order valence-corrected chi connectivity index (χ1v) is 9.53. The van der Waals surface area contributed by atoms with Gasteiger partial charge in [0, 0.05) is 17.1 Å². The Morgan fingerprint density at radius 2 is 1.57 bits per heavy atom. The van der Waals surface area contributed by atoms with Crippen LogP contribution >= 0.6 is 11.6 Å². The molecule has 0 fully saturated rings. The molecule has 3 aromatic rings. The maximum absolute atomic E-state index is 13.0. The summed E-state index contributed by atoms with van der Waals surface area (Å²) >= 11 is 5.99. The van der Waals surface area contributed by atoms with E-state index in [9.17, 15) is 9.90 Å². The number of rotatable bonds is 4. The molecule has 0 spiro atoms. The largest absolute Gasteiger partial charge is 0.503 e. The van der Waals surface area contributed by atoms with Gasteiger partial charge >= 0.3 is 0 Å². The van der Waals surface area contributed by atoms with Crippen LogP contribution in [0.1, 0.15) is 28.3 Å². The summed E-state index contributed by atoms with van der Waals surface area (Å²) in [5.74, 6) is -0.551. The van der Waals surface area contributed by atoms with Gasteiger partial charge in [0.1, 0.15) is 0 Å². The van der Waals surface area contributed by atoms with Crippen molar-refractivity contribution in [2.45, 2.75) is 19.5 Å². The zero-order valence-corrected chi connectivity index (χ0v) is 16.2. The zero-order chi connectivity index (χ0) is 19.7. The number of carbonyl (C=O) groups is 1. The fourth-order valence-electron chi connectivity index (χ4n) is 3.61. The topological polar surface area (TPSA) is 40.5 Å². The molecule has 1 heterocycles. The summed E-state index contributed by atoms with van der Waals surface area (Å²) in [5.41, 5.74) is 4.56. The Morgan fingerprint density at radius 1 is 0.929 bits per heavy atom. The predicted octanol–water partition coefficient (Wildman–Crippen LogP) is 5.70. The summed E-state index contributed by atoms with van der Waals surface area (Å²) in [5, 5.41) is 11.4. The molecule has 0 radical (unpaired) electrons. The highest BCUT2D eigenvalue weighted by atomic mass is 35.5. The minimum atomic E-state index is -0.362. The zero-order valence-electron chi connectivity index (χ0n) is 15.5. The van der Waals surface area contributed by atoms with Crippen molar-refractivity contribution in [3.05, 3.63) is 112 Å². The summed E-state index contributed by atoms with van der Waals surface area (Å²) in [7, 11) is 0. The average Bonchev–Trinajstić information content (AvgIpc) is 2.96. The number of benzene rings is 3. The van der Waals surface area contributed by atoms with Crippen molar-refractivity contribution >= 4 is 23.1 Å². The van der Waals surface area contributed by atoms with Gasteiger partial charge in [-0.2, -0.15) is 0 Å². The third-order valence-electron chi connectivity index (χ3n) is 5.05. The van der Waals surface area contributed by atoms with Gasteiger partial charge in [0.25, 0.3) is 5.91 Å². The summed E-state index contributed by atoms with van der Waals surface area (Å²) in [6.07, 6.45) is 0. The predicted molar refractivity (Wildman–Crippen MR) is 112 cm³/mol. The van der Waals surface area contributed by atoms with Crippen LogP contribution in [0.15, 0.2) is 84.6 Å². The lowest BCUT2D eigenvalue weighted by atomic mass is 9.93. The minimum absolute atomic E-state index is 0.189. The number of aliphatic hydroxyl groups is 1. The second-order valence-corrected chi connectivity index (χ2v) is 7.44. The number of aliphatic hydroxyl groups excluding tert-OH is 1. The van der Waals surface area contributed by atoms with Crippen LogP contribution < -0.4 is 0 Å². The molecule has 0 saturated carbocycles. The molecule has 4 heteroatoms. The maximum atomic E-state index is 13.0. The molecule has 0 unspecified atom stereocenters. The molecule has 140 valence electrons. The number of aryl methyl sites for hydroxylation is 1. The quantitative estimate of drug-likeness (QED) is 0.621. The number of hydrogen-bond donors (Lipinski definition) is 1. The minimum Gasteiger partial charge on any atom is -0.503 e. The van der Waals surface area contributed by atoms with Crippen molar-refractivity contribution in [1.29, 1.82) is 0 Å². The molecule has 4 rings (SSSR count). The molecule has 1 aliphatic rings. The molecule has 0 saturated heterocycles. The van der Waals surface area contributed by atoms with Crippen molar-refractivity contribution in [3.8, 4) is 0 Å². The molecule has 1 atom stereocenters. The molecule has 0 aliphatic carbocycles. The van der Waals surface area contributed by atoms with Gasteiger partial charge < -0.3 is 10.0 Å². The van der Waals surface area contributed by atoms with E-state index in [2.05, 4.69) is 0 Å².